The third-order valence-electron chi connectivity index (χ3n) is 3.97. The third-order valence-corrected chi connectivity index (χ3v) is 4.47. The lowest BCUT2D eigenvalue weighted by Crippen LogP contribution is -1.98. The van der Waals surface area contributed by atoms with Gasteiger partial charge in [-0.05, 0) is 35.0 Å². The zero-order valence-electron chi connectivity index (χ0n) is 12.8. The van der Waals surface area contributed by atoms with Gasteiger partial charge in [0, 0.05) is 4.47 Å². The van der Waals surface area contributed by atoms with E-state index in [1.54, 1.807) is 17.0 Å². The highest BCUT2D eigenvalue weighted by atomic mass is 79.9. The highest BCUT2D eigenvalue weighted by Crippen LogP contribution is 2.24. The molecule has 8 heteroatoms. The van der Waals surface area contributed by atoms with Crippen molar-refractivity contribution < 1.29 is 4.74 Å². The van der Waals surface area contributed by atoms with Crippen molar-refractivity contribution in [2.75, 3.05) is 0 Å². The molecule has 7 nitrogen and oxygen atoms in total. The Labute approximate surface area is 149 Å². The first kappa shape index (κ1) is 14.4. The van der Waals surface area contributed by atoms with E-state index in [2.05, 4.69) is 53.3 Å². The molecule has 0 saturated carbocycles. The average molecular weight is 395 g/mol. The van der Waals surface area contributed by atoms with Gasteiger partial charge in [-0.2, -0.15) is 5.10 Å². The fraction of sp³-hybridized carbons (Fsp3) is 0.0588. The molecule has 5 aromatic rings. The minimum atomic E-state index is 0.281. The van der Waals surface area contributed by atoms with Crippen LogP contribution in [-0.4, -0.2) is 29.8 Å². The number of aromatic nitrogens is 6. The minimum absolute atomic E-state index is 0.281. The average Bonchev–Trinajstić information content (AvgIpc) is 3.25. The maximum Gasteiger partial charge on any atom is 0.189 e. The molecule has 0 saturated heterocycles. The zero-order chi connectivity index (χ0) is 16.8. The molecule has 5 rings (SSSR count). The molecule has 122 valence electrons. The molecule has 2 aromatic carbocycles. The van der Waals surface area contributed by atoms with E-state index >= 15 is 0 Å². The van der Waals surface area contributed by atoms with Crippen LogP contribution in [0.3, 0.4) is 0 Å². The van der Waals surface area contributed by atoms with Gasteiger partial charge in [-0.1, -0.05) is 28.1 Å². The molecule has 0 bridgehead atoms. The molecular formula is C17H11BrN6O. The number of nitrogens with zero attached hydrogens (tertiary/aromatic N) is 5. The number of H-pyrrole nitrogens is 1. The summed E-state index contributed by atoms with van der Waals surface area (Å²) in [5.74, 6) is 1.37. The summed E-state index contributed by atoms with van der Waals surface area (Å²) in [6, 6.07) is 12.1. The Morgan fingerprint density at radius 2 is 2.00 bits per heavy atom. The fourth-order valence-corrected chi connectivity index (χ4v) is 3.16. The van der Waals surface area contributed by atoms with Crippen LogP contribution >= 0.6 is 15.9 Å². The van der Waals surface area contributed by atoms with Crippen LogP contribution in [0.5, 0.6) is 5.75 Å². The monoisotopic (exact) mass is 394 g/mol. The third kappa shape index (κ3) is 2.51. The number of hydrogen-bond donors (Lipinski definition) is 1. The first-order chi connectivity index (χ1) is 12.3. The van der Waals surface area contributed by atoms with Crippen molar-refractivity contribution in [3.05, 3.63) is 59.2 Å². The Kier molecular flexibility index (Phi) is 3.17. The Bertz CT molecular complexity index is 1230. The minimum Gasteiger partial charge on any atom is -0.486 e. The van der Waals surface area contributed by atoms with Gasteiger partial charge in [0.1, 0.15) is 18.7 Å². The summed E-state index contributed by atoms with van der Waals surface area (Å²) in [7, 11) is 0. The Hall–Kier alpha value is -3.00. The maximum absolute atomic E-state index is 5.86. The normalized spacial score (nSPS) is 11.6. The molecule has 0 aliphatic rings. The molecule has 0 spiro atoms. The van der Waals surface area contributed by atoms with Crippen LogP contribution in [0.25, 0.3) is 27.5 Å². The van der Waals surface area contributed by atoms with E-state index in [0.717, 1.165) is 26.4 Å². The van der Waals surface area contributed by atoms with Gasteiger partial charge in [-0.25, -0.2) is 14.5 Å². The summed E-state index contributed by atoms with van der Waals surface area (Å²) in [5, 5.41) is 14.3. The van der Waals surface area contributed by atoms with E-state index in [4.69, 9.17) is 4.74 Å². The molecule has 3 heterocycles. The first-order valence-electron chi connectivity index (χ1n) is 7.62. The standard InChI is InChI=1S/C17H11BrN6O/c18-12-3-1-11-6-13(4-2-10(11)5-12)25-8-15-21-17-14-7-20-22-16(14)19-9-24(17)23-15/h1-7,9H,8H2,(H,20,22). The van der Waals surface area contributed by atoms with E-state index in [-0.39, 0.29) is 6.61 Å². The zero-order valence-corrected chi connectivity index (χ0v) is 14.4. The van der Waals surface area contributed by atoms with Gasteiger partial charge in [0.15, 0.2) is 17.1 Å². The highest BCUT2D eigenvalue weighted by Gasteiger charge is 2.10. The smallest absolute Gasteiger partial charge is 0.189 e. The largest absolute Gasteiger partial charge is 0.486 e. The second kappa shape index (κ2) is 5.52. The molecule has 0 amide bonds. The number of aromatic amines is 1. The van der Waals surface area contributed by atoms with E-state index in [9.17, 15) is 0 Å². The van der Waals surface area contributed by atoms with Gasteiger partial charge in [-0.15, -0.1) is 5.10 Å². The fourth-order valence-electron chi connectivity index (χ4n) is 2.78. The molecule has 25 heavy (non-hydrogen) atoms. The maximum atomic E-state index is 5.86. The second-order valence-corrected chi connectivity index (χ2v) is 6.53. The topological polar surface area (TPSA) is 81.0 Å². The van der Waals surface area contributed by atoms with Crippen LogP contribution in [0.4, 0.5) is 0 Å². The second-order valence-electron chi connectivity index (χ2n) is 5.62. The Balaban J connectivity index is 1.43. The lowest BCUT2D eigenvalue weighted by atomic mass is 10.1. The van der Waals surface area contributed by atoms with Crippen molar-refractivity contribution in [2.24, 2.45) is 0 Å². The van der Waals surface area contributed by atoms with Gasteiger partial charge in [0.25, 0.3) is 0 Å². The van der Waals surface area contributed by atoms with Gasteiger partial charge >= 0.3 is 0 Å². The summed E-state index contributed by atoms with van der Waals surface area (Å²) < 4.78 is 8.55. The SMILES string of the molecule is Brc1ccc2cc(OCc3nc4c5cn[nH]c5ncn4n3)ccc2c1. The predicted molar refractivity (Wildman–Crippen MR) is 96.4 cm³/mol. The summed E-state index contributed by atoms with van der Waals surface area (Å²) in [5.41, 5.74) is 1.40. The molecular weight excluding hydrogens is 384 g/mol. The predicted octanol–water partition coefficient (Wildman–Crippen LogP) is 3.50. The Morgan fingerprint density at radius 1 is 1.12 bits per heavy atom. The van der Waals surface area contributed by atoms with Gasteiger partial charge in [-0.3, -0.25) is 5.10 Å². The molecule has 1 N–H and O–H groups in total. The van der Waals surface area contributed by atoms with Crippen LogP contribution in [0.15, 0.2) is 53.4 Å². The number of benzene rings is 2. The van der Waals surface area contributed by atoms with Crippen LogP contribution in [0.1, 0.15) is 5.82 Å². The van der Waals surface area contributed by atoms with Crippen molar-refractivity contribution in [3.8, 4) is 5.75 Å². The molecule has 3 aromatic heterocycles. The quantitative estimate of drug-likeness (QED) is 0.506. The van der Waals surface area contributed by atoms with Gasteiger partial charge in [0.05, 0.1) is 11.6 Å². The number of nitrogens with one attached hydrogen (secondary N) is 1. The van der Waals surface area contributed by atoms with Crippen LogP contribution in [-0.2, 0) is 6.61 Å². The van der Waals surface area contributed by atoms with E-state index in [1.165, 1.54) is 0 Å². The lowest BCUT2D eigenvalue weighted by molar-refractivity contribution is 0.296. The van der Waals surface area contributed by atoms with Crippen molar-refractivity contribution in [1.82, 2.24) is 29.8 Å². The van der Waals surface area contributed by atoms with Crippen molar-refractivity contribution in [2.45, 2.75) is 6.61 Å². The molecule has 0 atom stereocenters. The summed E-state index contributed by atoms with van der Waals surface area (Å²) in [4.78, 5) is 8.76. The van der Waals surface area contributed by atoms with E-state index in [0.29, 0.717) is 17.1 Å². The van der Waals surface area contributed by atoms with Crippen LogP contribution in [0.2, 0.25) is 0 Å². The van der Waals surface area contributed by atoms with Crippen molar-refractivity contribution in [1.29, 1.82) is 0 Å². The Morgan fingerprint density at radius 3 is 2.96 bits per heavy atom. The van der Waals surface area contributed by atoms with Crippen molar-refractivity contribution in [3.63, 3.8) is 0 Å². The number of halogens is 1. The van der Waals surface area contributed by atoms with Gasteiger partial charge < -0.3 is 4.74 Å². The summed E-state index contributed by atoms with van der Waals surface area (Å²) >= 11 is 3.48. The van der Waals surface area contributed by atoms with E-state index in [1.807, 2.05) is 24.3 Å². The van der Waals surface area contributed by atoms with Gasteiger partial charge in [0.2, 0.25) is 0 Å². The molecule has 0 aliphatic carbocycles. The summed E-state index contributed by atoms with van der Waals surface area (Å²) in [6.45, 7) is 0.281. The number of hydrogen-bond acceptors (Lipinski definition) is 5. The highest BCUT2D eigenvalue weighted by molar-refractivity contribution is 9.10. The molecule has 0 fully saturated rings. The molecule has 0 unspecified atom stereocenters. The summed E-state index contributed by atoms with van der Waals surface area (Å²) in [6.07, 6.45) is 3.30. The number of fused-ring (bicyclic) bond motifs is 4. The van der Waals surface area contributed by atoms with Crippen molar-refractivity contribution >= 4 is 43.4 Å². The molecule has 0 aliphatic heterocycles. The van der Waals surface area contributed by atoms with Crippen LogP contribution in [0, 0.1) is 0 Å². The van der Waals surface area contributed by atoms with E-state index < -0.39 is 0 Å². The molecule has 0 radical (unpaired) electrons. The number of ether oxygens (including phenoxy) is 1. The first-order valence-corrected chi connectivity index (χ1v) is 8.41. The number of rotatable bonds is 3. The lowest BCUT2D eigenvalue weighted by Gasteiger charge is -2.05. The van der Waals surface area contributed by atoms with Crippen LogP contribution < -0.4 is 4.74 Å².